The van der Waals surface area contributed by atoms with Crippen LogP contribution in [0.3, 0.4) is 0 Å². The molecule has 1 amide bonds. The van der Waals surface area contributed by atoms with Crippen LogP contribution in [0.2, 0.25) is 0 Å². The molecule has 0 heterocycles. The van der Waals surface area contributed by atoms with E-state index in [1.807, 2.05) is 0 Å². The molecule has 0 spiro atoms. The summed E-state index contributed by atoms with van der Waals surface area (Å²) in [6.07, 6.45) is 0. The van der Waals surface area contributed by atoms with Crippen LogP contribution in [0, 0.1) is 0 Å². The predicted octanol–water partition coefficient (Wildman–Crippen LogP) is 2.54. The normalized spacial score (nSPS) is 10.3. The van der Waals surface area contributed by atoms with Gasteiger partial charge in [0.1, 0.15) is 30.4 Å². The number of amides is 1. The molecule has 0 saturated carbocycles. The maximum atomic E-state index is 13.3. The lowest BCUT2D eigenvalue weighted by Crippen LogP contribution is -2.36. The molecule has 0 saturated heterocycles. The van der Waals surface area contributed by atoms with Crippen LogP contribution < -0.4 is 14.2 Å². The molecule has 0 bridgehead atoms. The maximum absolute atomic E-state index is 13.3. The first-order chi connectivity index (χ1) is 14.5. The summed E-state index contributed by atoms with van der Waals surface area (Å²) < 4.78 is 26.0. The lowest BCUT2D eigenvalue weighted by atomic mass is 10.1. The molecule has 0 atom stereocenters. The molecule has 2 aromatic rings. The highest BCUT2D eigenvalue weighted by molar-refractivity contribution is 5.98. The van der Waals surface area contributed by atoms with Crippen molar-refractivity contribution >= 4 is 11.9 Å². The molecule has 0 unspecified atom stereocenters. The van der Waals surface area contributed by atoms with E-state index in [0.29, 0.717) is 36.0 Å². The minimum Gasteiger partial charge on any atom is -0.497 e. The van der Waals surface area contributed by atoms with Gasteiger partial charge in [0.25, 0.3) is 5.91 Å². The highest BCUT2D eigenvalue weighted by Gasteiger charge is 2.23. The molecule has 8 heteroatoms. The molecular weight excluding hydrogens is 390 g/mol. The Hall–Kier alpha value is -3.26. The van der Waals surface area contributed by atoms with Crippen molar-refractivity contribution in [2.75, 3.05) is 48.2 Å². The highest BCUT2D eigenvalue weighted by atomic mass is 16.5. The monoisotopic (exact) mass is 417 g/mol. The summed E-state index contributed by atoms with van der Waals surface area (Å²) in [4.78, 5) is 26.7. The van der Waals surface area contributed by atoms with Gasteiger partial charge in [0.2, 0.25) is 0 Å². The molecule has 0 aliphatic heterocycles. The Morgan fingerprint density at radius 3 is 2.17 bits per heavy atom. The molecule has 0 aliphatic carbocycles. The summed E-state index contributed by atoms with van der Waals surface area (Å²) in [5.41, 5.74) is 1.08. The predicted molar refractivity (Wildman–Crippen MR) is 110 cm³/mol. The van der Waals surface area contributed by atoms with Crippen LogP contribution >= 0.6 is 0 Å². The summed E-state index contributed by atoms with van der Waals surface area (Å²) in [6, 6.07) is 12.2. The average molecular weight is 417 g/mol. The number of hydrogen-bond acceptors (Lipinski definition) is 7. The summed E-state index contributed by atoms with van der Waals surface area (Å²) >= 11 is 0. The summed E-state index contributed by atoms with van der Waals surface area (Å²) in [6.45, 7) is 0.609. The zero-order chi connectivity index (χ0) is 21.9. The minimum absolute atomic E-state index is 0.147. The van der Waals surface area contributed by atoms with E-state index in [1.54, 1.807) is 63.8 Å². The van der Waals surface area contributed by atoms with Crippen molar-refractivity contribution in [3.05, 3.63) is 53.6 Å². The number of methoxy groups -OCH3 is 4. The first-order valence-electron chi connectivity index (χ1n) is 9.31. The fourth-order valence-electron chi connectivity index (χ4n) is 2.77. The Morgan fingerprint density at radius 2 is 1.57 bits per heavy atom. The lowest BCUT2D eigenvalue weighted by molar-refractivity contribution is -0.141. The van der Waals surface area contributed by atoms with Crippen LogP contribution in [-0.2, 0) is 20.8 Å². The third-order valence-electron chi connectivity index (χ3n) is 4.28. The quantitative estimate of drug-likeness (QED) is 0.410. The van der Waals surface area contributed by atoms with Crippen LogP contribution in [0.15, 0.2) is 42.5 Å². The second kappa shape index (κ2) is 11.7. The third-order valence-corrected chi connectivity index (χ3v) is 4.28. The standard InChI is InChI=1S/C22H27NO7/c1-26-9-10-30-20-8-6-5-7-19(20)22(25)23(15-21(24)29-4)14-16-11-17(27-2)13-18(12-16)28-3/h5-8,11-13H,9-10,14-15H2,1-4H3. The van der Waals surface area contributed by atoms with Crippen molar-refractivity contribution in [2.24, 2.45) is 0 Å². The molecule has 162 valence electrons. The SMILES string of the molecule is COCCOc1ccccc1C(=O)N(CC(=O)OC)Cc1cc(OC)cc(OC)c1. The van der Waals surface area contributed by atoms with Gasteiger partial charge in [-0.25, -0.2) is 0 Å². The van der Waals surface area contributed by atoms with Gasteiger partial charge in [-0.3, -0.25) is 9.59 Å². The number of nitrogens with zero attached hydrogens (tertiary/aromatic N) is 1. The van der Waals surface area contributed by atoms with Crippen molar-refractivity contribution in [1.29, 1.82) is 0 Å². The highest BCUT2D eigenvalue weighted by Crippen LogP contribution is 2.25. The summed E-state index contributed by atoms with van der Waals surface area (Å²) in [5.74, 6) is 0.681. The van der Waals surface area contributed by atoms with E-state index in [0.717, 1.165) is 5.56 Å². The van der Waals surface area contributed by atoms with Crippen molar-refractivity contribution in [3.63, 3.8) is 0 Å². The Morgan fingerprint density at radius 1 is 0.900 bits per heavy atom. The smallest absolute Gasteiger partial charge is 0.325 e. The van der Waals surface area contributed by atoms with Crippen LogP contribution in [0.5, 0.6) is 17.2 Å². The third kappa shape index (κ3) is 6.38. The number of para-hydroxylation sites is 1. The second-order valence-electron chi connectivity index (χ2n) is 6.30. The Bertz CT molecular complexity index is 831. The molecule has 2 aromatic carbocycles. The van der Waals surface area contributed by atoms with Crippen molar-refractivity contribution in [2.45, 2.75) is 6.54 Å². The molecule has 0 N–H and O–H groups in total. The minimum atomic E-state index is -0.531. The Kier molecular flexibility index (Phi) is 8.96. The van der Waals surface area contributed by atoms with E-state index in [2.05, 4.69) is 0 Å². The van der Waals surface area contributed by atoms with Crippen LogP contribution in [0.1, 0.15) is 15.9 Å². The van der Waals surface area contributed by atoms with Gasteiger partial charge in [-0.2, -0.15) is 0 Å². The molecule has 0 radical (unpaired) electrons. The van der Waals surface area contributed by atoms with Gasteiger partial charge < -0.3 is 28.6 Å². The summed E-state index contributed by atoms with van der Waals surface area (Å²) in [7, 11) is 5.94. The molecule has 30 heavy (non-hydrogen) atoms. The molecule has 0 fully saturated rings. The number of benzene rings is 2. The van der Waals surface area contributed by atoms with Crippen LogP contribution in [0.4, 0.5) is 0 Å². The Labute approximate surface area is 176 Å². The molecular formula is C22H27NO7. The number of rotatable bonds is 11. The fourth-order valence-corrected chi connectivity index (χ4v) is 2.77. The number of esters is 1. The zero-order valence-electron chi connectivity index (χ0n) is 17.7. The molecule has 0 aromatic heterocycles. The van der Waals surface area contributed by atoms with Gasteiger partial charge in [0, 0.05) is 19.7 Å². The first-order valence-corrected chi connectivity index (χ1v) is 9.31. The van der Waals surface area contributed by atoms with Gasteiger partial charge >= 0.3 is 5.97 Å². The van der Waals surface area contributed by atoms with Gasteiger partial charge in [-0.05, 0) is 29.8 Å². The topological polar surface area (TPSA) is 83.5 Å². The van der Waals surface area contributed by atoms with E-state index in [1.165, 1.54) is 12.0 Å². The van der Waals surface area contributed by atoms with Gasteiger partial charge in [0.05, 0.1) is 33.5 Å². The first kappa shape index (κ1) is 23.0. The van der Waals surface area contributed by atoms with Crippen LogP contribution in [-0.4, -0.2) is 65.0 Å². The molecule has 0 aliphatic rings. The summed E-state index contributed by atoms with van der Waals surface area (Å²) in [5, 5.41) is 0. The van der Waals surface area contributed by atoms with Crippen molar-refractivity contribution < 1.29 is 33.3 Å². The average Bonchev–Trinajstić information content (AvgIpc) is 2.78. The fraction of sp³-hybridized carbons (Fsp3) is 0.364. The van der Waals surface area contributed by atoms with Gasteiger partial charge in [0.15, 0.2) is 0 Å². The number of hydrogen-bond donors (Lipinski definition) is 0. The zero-order valence-corrected chi connectivity index (χ0v) is 17.7. The van der Waals surface area contributed by atoms with Gasteiger partial charge in [-0.1, -0.05) is 12.1 Å². The molecule has 2 rings (SSSR count). The van der Waals surface area contributed by atoms with E-state index in [-0.39, 0.29) is 19.0 Å². The van der Waals surface area contributed by atoms with Crippen molar-refractivity contribution in [3.8, 4) is 17.2 Å². The maximum Gasteiger partial charge on any atom is 0.325 e. The van der Waals surface area contributed by atoms with E-state index in [4.69, 9.17) is 23.7 Å². The van der Waals surface area contributed by atoms with E-state index in [9.17, 15) is 9.59 Å². The largest absolute Gasteiger partial charge is 0.497 e. The van der Waals surface area contributed by atoms with Crippen LogP contribution in [0.25, 0.3) is 0 Å². The lowest BCUT2D eigenvalue weighted by Gasteiger charge is -2.23. The number of carbonyl (C=O) groups excluding carboxylic acids is 2. The number of ether oxygens (including phenoxy) is 5. The Balaban J connectivity index is 2.33. The van der Waals surface area contributed by atoms with Gasteiger partial charge in [-0.15, -0.1) is 0 Å². The van der Waals surface area contributed by atoms with E-state index < -0.39 is 5.97 Å². The molecule has 8 nitrogen and oxygen atoms in total. The number of carbonyl (C=O) groups is 2. The van der Waals surface area contributed by atoms with Crippen molar-refractivity contribution in [1.82, 2.24) is 4.90 Å². The second-order valence-corrected chi connectivity index (χ2v) is 6.30. The van der Waals surface area contributed by atoms with E-state index >= 15 is 0 Å².